The third-order valence-electron chi connectivity index (χ3n) is 2.98. The third-order valence-corrected chi connectivity index (χ3v) is 2.98. The molecule has 0 atom stereocenters. The molecule has 6 heteroatoms. The van der Waals surface area contributed by atoms with Gasteiger partial charge in [0.05, 0.1) is 16.9 Å². The van der Waals surface area contributed by atoms with E-state index in [9.17, 15) is 13.2 Å². The monoisotopic (exact) mass is 281 g/mol. The van der Waals surface area contributed by atoms with Gasteiger partial charge in [0.2, 0.25) is 0 Å². The number of pyridine rings is 1. The highest BCUT2D eigenvalue weighted by Gasteiger charge is 2.30. The molecule has 0 spiro atoms. The van der Waals surface area contributed by atoms with Gasteiger partial charge >= 0.3 is 6.18 Å². The summed E-state index contributed by atoms with van der Waals surface area (Å²) in [7, 11) is 0. The van der Waals surface area contributed by atoms with Gasteiger partial charge in [-0.2, -0.15) is 13.2 Å². The van der Waals surface area contributed by atoms with E-state index in [1.54, 1.807) is 12.4 Å². The van der Waals surface area contributed by atoms with Crippen LogP contribution in [0.2, 0.25) is 0 Å². The maximum absolute atomic E-state index is 12.5. The molecule has 0 unspecified atom stereocenters. The van der Waals surface area contributed by atoms with Crippen LogP contribution in [-0.2, 0) is 12.7 Å². The number of alkyl halides is 3. The summed E-state index contributed by atoms with van der Waals surface area (Å²) in [5.74, 6) is 0. The first-order valence-corrected chi connectivity index (χ1v) is 5.98. The lowest BCUT2D eigenvalue weighted by molar-refractivity contribution is -0.137. The smallest absolute Gasteiger partial charge is 0.397 e. The number of halogens is 3. The molecule has 0 aliphatic carbocycles. The predicted octanol–water partition coefficient (Wildman–Crippen LogP) is 3.60. The van der Waals surface area contributed by atoms with E-state index in [-0.39, 0.29) is 5.69 Å². The van der Waals surface area contributed by atoms with Crippen LogP contribution in [-0.4, -0.2) is 4.98 Å². The normalized spacial score (nSPS) is 11.4. The zero-order chi connectivity index (χ0) is 14.8. The molecule has 0 saturated heterocycles. The standard InChI is InChI=1S/C14H14F3N3/c1-9-7-19-5-4-10(9)8-20-13-3-2-11(6-12(13)18)14(15,16)17/h2-7,20H,8,18H2,1H3. The van der Waals surface area contributed by atoms with Crippen molar-refractivity contribution in [1.82, 2.24) is 4.98 Å². The van der Waals surface area contributed by atoms with Gasteiger partial charge < -0.3 is 11.1 Å². The van der Waals surface area contributed by atoms with E-state index in [1.807, 2.05) is 13.0 Å². The summed E-state index contributed by atoms with van der Waals surface area (Å²) in [5.41, 5.74) is 7.47. The second-order valence-electron chi connectivity index (χ2n) is 4.46. The van der Waals surface area contributed by atoms with E-state index in [2.05, 4.69) is 10.3 Å². The van der Waals surface area contributed by atoms with E-state index in [0.717, 1.165) is 23.3 Å². The molecule has 0 fully saturated rings. The molecule has 1 aromatic carbocycles. The number of nitrogens with one attached hydrogen (secondary N) is 1. The molecule has 0 aliphatic rings. The highest BCUT2D eigenvalue weighted by atomic mass is 19.4. The molecule has 1 aromatic heterocycles. The molecule has 20 heavy (non-hydrogen) atoms. The molecule has 2 aromatic rings. The van der Waals surface area contributed by atoms with Gasteiger partial charge in [0, 0.05) is 18.9 Å². The van der Waals surface area contributed by atoms with Crippen molar-refractivity contribution >= 4 is 11.4 Å². The van der Waals surface area contributed by atoms with Crippen molar-refractivity contribution < 1.29 is 13.2 Å². The molecule has 2 rings (SSSR count). The van der Waals surface area contributed by atoms with Gasteiger partial charge in [0.15, 0.2) is 0 Å². The van der Waals surface area contributed by atoms with Crippen molar-refractivity contribution in [2.24, 2.45) is 0 Å². The van der Waals surface area contributed by atoms with Crippen LogP contribution in [0, 0.1) is 6.92 Å². The zero-order valence-corrected chi connectivity index (χ0v) is 10.8. The Bertz CT molecular complexity index is 609. The minimum atomic E-state index is -4.38. The summed E-state index contributed by atoms with van der Waals surface area (Å²) in [6, 6.07) is 5.14. The van der Waals surface area contributed by atoms with E-state index in [0.29, 0.717) is 12.2 Å². The molecule has 0 amide bonds. The molecule has 106 valence electrons. The number of nitrogens with zero attached hydrogens (tertiary/aromatic N) is 1. The van der Waals surface area contributed by atoms with Crippen molar-refractivity contribution in [2.45, 2.75) is 19.6 Å². The lowest BCUT2D eigenvalue weighted by atomic mass is 10.1. The van der Waals surface area contributed by atoms with Crippen molar-refractivity contribution in [3.05, 3.63) is 53.3 Å². The summed E-state index contributed by atoms with van der Waals surface area (Å²) in [6.07, 6.45) is -0.985. The number of rotatable bonds is 3. The Balaban J connectivity index is 2.13. The first-order chi connectivity index (χ1) is 9.38. The predicted molar refractivity (Wildman–Crippen MR) is 72.2 cm³/mol. The number of benzene rings is 1. The lowest BCUT2D eigenvalue weighted by Crippen LogP contribution is -2.08. The van der Waals surface area contributed by atoms with Crippen molar-refractivity contribution in [1.29, 1.82) is 0 Å². The largest absolute Gasteiger partial charge is 0.416 e. The maximum atomic E-state index is 12.5. The first-order valence-electron chi connectivity index (χ1n) is 5.98. The highest BCUT2D eigenvalue weighted by molar-refractivity contribution is 5.67. The van der Waals surface area contributed by atoms with Gasteiger partial charge in [0.25, 0.3) is 0 Å². The van der Waals surface area contributed by atoms with Crippen LogP contribution in [0.3, 0.4) is 0 Å². The summed E-state index contributed by atoms with van der Waals surface area (Å²) in [4.78, 5) is 3.98. The van der Waals surface area contributed by atoms with Crippen molar-refractivity contribution in [3.63, 3.8) is 0 Å². The number of nitrogen functional groups attached to an aromatic ring is 1. The quantitative estimate of drug-likeness (QED) is 0.845. The van der Waals surface area contributed by atoms with E-state index < -0.39 is 11.7 Å². The molecular weight excluding hydrogens is 267 g/mol. The average molecular weight is 281 g/mol. The Morgan fingerprint density at radius 1 is 1.25 bits per heavy atom. The molecule has 1 heterocycles. The number of aromatic nitrogens is 1. The zero-order valence-electron chi connectivity index (χ0n) is 10.8. The van der Waals surface area contributed by atoms with Crippen LogP contribution in [0.1, 0.15) is 16.7 Å². The van der Waals surface area contributed by atoms with Gasteiger partial charge in [-0.3, -0.25) is 4.98 Å². The van der Waals surface area contributed by atoms with Crippen LogP contribution < -0.4 is 11.1 Å². The Morgan fingerprint density at radius 2 is 2.00 bits per heavy atom. The molecule has 0 bridgehead atoms. The van der Waals surface area contributed by atoms with Gasteiger partial charge in [-0.1, -0.05) is 0 Å². The molecule has 0 aliphatic heterocycles. The van der Waals surface area contributed by atoms with Crippen LogP contribution in [0.5, 0.6) is 0 Å². The van der Waals surface area contributed by atoms with Crippen LogP contribution >= 0.6 is 0 Å². The van der Waals surface area contributed by atoms with Crippen molar-refractivity contribution in [2.75, 3.05) is 11.1 Å². The molecule has 3 nitrogen and oxygen atoms in total. The Kier molecular flexibility index (Phi) is 3.83. The molecule has 0 saturated carbocycles. The second kappa shape index (κ2) is 5.40. The molecular formula is C14H14F3N3. The second-order valence-corrected chi connectivity index (χ2v) is 4.46. The summed E-state index contributed by atoms with van der Waals surface area (Å²) in [5, 5.41) is 3.03. The summed E-state index contributed by atoms with van der Waals surface area (Å²) in [6.45, 7) is 2.39. The van der Waals surface area contributed by atoms with Crippen LogP contribution in [0.25, 0.3) is 0 Å². The average Bonchev–Trinajstić information content (AvgIpc) is 2.38. The number of nitrogens with two attached hydrogens (primary N) is 1. The van der Waals surface area contributed by atoms with E-state index in [1.165, 1.54) is 6.07 Å². The number of aryl methyl sites for hydroxylation is 1. The van der Waals surface area contributed by atoms with Crippen molar-refractivity contribution in [3.8, 4) is 0 Å². The van der Waals surface area contributed by atoms with Crippen LogP contribution in [0.15, 0.2) is 36.7 Å². The van der Waals surface area contributed by atoms with Crippen LogP contribution in [0.4, 0.5) is 24.5 Å². The van der Waals surface area contributed by atoms with E-state index in [4.69, 9.17) is 5.73 Å². The Hall–Kier alpha value is -2.24. The minimum absolute atomic E-state index is 0.0755. The number of hydrogen-bond acceptors (Lipinski definition) is 3. The molecule has 3 N–H and O–H groups in total. The lowest BCUT2D eigenvalue weighted by Gasteiger charge is -2.13. The van der Waals surface area contributed by atoms with E-state index >= 15 is 0 Å². The topological polar surface area (TPSA) is 50.9 Å². The SMILES string of the molecule is Cc1cnccc1CNc1ccc(C(F)(F)F)cc1N. The fourth-order valence-electron chi connectivity index (χ4n) is 1.79. The number of hydrogen-bond donors (Lipinski definition) is 2. The first kappa shape index (κ1) is 14.2. The molecule has 0 radical (unpaired) electrons. The van der Waals surface area contributed by atoms with Gasteiger partial charge in [-0.25, -0.2) is 0 Å². The minimum Gasteiger partial charge on any atom is -0.397 e. The summed E-state index contributed by atoms with van der Waals surface area (Å²) < 4.78 is 37.6. The highest BCUT2D eigenvalue weighted by Crippen LogP contribution is 2.32. The third kappa shape index (κ3) is 3.20. The van der Waals surface area contributed by atoms with Gasteiger partial charge in [-0.05, 0) is 42.3 Å². The van der Waals surface area contributed by atoms with Gasteiger partial charge in [-0.15, -0.1) is 0 Å². The van der Waals surface area contributed by atoms with Gasteiger partial charge in [0.1, 0.15) is 0 Å². The fourth-order valence-corrected chi connectivity index (χ4v) is 1.79. The number of anilines is 2. The summed E-state index contributed by atoms with van der Waals surface area (Å²) >= 11 is 0. The Morgan fingerprint density at radius 3 is 2.60 bits per heavy atom. The Labute approximate surface area is 114 Å². The maximum Gasteiger partial charge on any atom is 0.416 e. The fraction of sp³-hybridized carbons (Fsp3) is 0.214.